The lowest BCUT2D eigenvalue weighted by molar-refractivity contribution is 0.637. The molecule has 2 aromatic rings. The van der Waals surface area contributed by atoms with Gasteiger partial charge in [-0.25, -0.2) is 9.97 Å². The lowest BCUT2D eigenvalue weighted by Crippen LogP contribution is -2.12. The van der Waals surface area contributed by atoms with Crippen LogP contribution in [0.1, 0.15) is 5.82 Å². The van der Waals surface area contributed by atoms with Crippen molar-refractivity contribution < 1.29 is 0 Å². The van der Waals surface area contributed by atoms with E-state index in [1.807, 2.05) is 23.9 Å². The average molecular weight is 218 g/mol. The Morgan fingerprint density at radius 2 is 2.31 bits per heavy atom. The minimum atomic E-state index is 0.481. The maximum atomic E-state index is 5.62. The van der Waals surface area contributed by atoms with Crippen molar-refractivity contribution in [2.45, 2.75) is 13.5 Å². The Morgan fingerprint density at radius 3 is 3.00 bits per heavy atom. The van der Waals surface area contributed by atoms with Crippen LogP contribution < -0.4 is 11.1 Å². The van der Waals surface area contributed by atoms with Crippen LogP contribution in [0.4, 0.5) is 11.6 Å². The Bertz CT molecular complexity index is 430. The van der Waals surface area contributed by atoms with E-state index in [1.165, 1.54) is 0 Å². The van der Waals surface area contributed by atoms with Crippen LogP contribution in [0, 0.1) is 6.92 Å². The molecule has 0 aromatic carbocycles. The summed E-state index contributed by atoms with van der Waals surface area (Å²) < 4.78 is 1.85. The van der Waals surface area contributed by atoms with E-state index in [1.54, 1.807) is 12.3 Å². The zero-order chi connectivity index (χ0) is 11.4. The van der Waals surface area contributed by atoms with Gasteiger partial charge in [0, 0.05) is 25.0 Å². The van der Waals surface area contributed by atoms with Crippen LogP contribution in [-0.2, 0) is 6.54 Å². The second-order valence-electron chi connectivity index (χ2n) is 3.42. The first kappa shape index (κ1) is 10.4. The molecule has 6 heteroatoms. The zero-order valence-electron chi connectivity index (χ0n) is 9.09. The minimum Gasteiger partial charge on any atom is -0.384 e. The monoisotopic (exact) mass is 218 g/mol. The van der Waals surface area contributed by atoms with Crippen LogP contribution in [-0.4, -0.2) is 26.3 Å². The van der Waals surface area contributed by atoms with Crippen molar-refractivity contribution in [2.75, 3.05) is 17.6 Å². The fourth-order valence-electron chi connectivity index (χ4n) is 1.41. The second kappa shape index (κ2) is 4.61. The molecule has 0 aliphatic rings. The van der Waals surface area contributed by atoms with Crippen molar-refractivity contribution >= 4 is 11.6 Å². The van der Waals surface area contributed by atoms with Gasteiger partial charge in [-0.05, 0) is 13.0 Å². The number of rotatable bonds is 4. The number of nitrogen functional groups attached to an aromatic ring is 1. The van der Waals surface area contributed by atoms with Crippen LogP contribution in [0.25, 0.3) is 0 Å². The standard InChI is InChI=1S/C10H14N6/c1-8-14-9(11)7-10(15-8)12-4-6-16-5-2-3-13-16/h2-3,5,7H,4,6H2,1H3,(H3,11,12,14,15). The van der Waals surface area contributed by atoms with Gasteiger partial charge in [-0.2, -0.15) is 5.10 Å². The number of hydrogen-bond donors (Lipinski definition) is 2. The van der Waals surface area contributed by atoms with Gasteiger partial charge in [-0.15, -0.1) is 0 Å². The van der Waals surface area contributed by atoms with E-state index in [9.17, 15) is 0 Å². The summed E-state index contributed by atoms with van der Waals surface area (Å²) in [4.78, 5) is 8.22. The van der Waals surface area contributed by atoms with Crippen LogP contribution >= 0.6 is 0 Å². The average Bonchev–Trinajstić information content (AvgIpc) is 2.69. The van der Waals surface area contributed by atoms with Gasteiger partial charge in [0.15, 0.2) is 0 Å². The molecule has 0 aliphatic heterocycles. The maximum Gasteiger partial charge on any atom is 0.131 e. The molecular formula is C10H14N6. The van der Waals surface area contributed by atoms with Gasteiger partial charge in [0.1, 0.15) is 17.5 Å². The van der Waals surface area contributed by atoms with Crippen molar-refractivity contribution in [1.82, 2.24) is 19.7 Å². The van der Waals surface area contributed by atoms with E-state index in [0.29, 0.717) is 11.6 Å². The molecular weight excluding hydrogens is 204 g/mol. The Hall–Kier alpha value is -2.11. The summed E-state index contributed by atoms with van der Waals surface area (Å²) >= 11 is 0. The molecule has 0 atom stereocenters. The van der Waals surface area contributed by atoms with Crippen molar-refractivity contribution in [2.24, 2.45) is 0 Å². The highest BCUT2D eigenvalue weighted by molar-refractivity contribution is 5.44. The quantitative estimate of drug-likeness (QED) is 0.788. The molecule has 2 aromatic heterocycles. The maximum absolute atomic E-state index is 5.62. The van der Waals surface area contributed by atoms with Crippen molar-refractivity contribution in [3.63, 3.8) is 0 Å². The first-order valence-corrected chi connectivity index (χ1v) is 5.06. The van der Waals surface area contributed by atoms with E-state index in [-0.39, 0.29) is 0 Å². The molecule has 0 saturated carbocycles. The highest BCUT2D eigenvalue weighted by Crippen LogP contribution is 2.07. The van der Waals surface area contributed by atoms with Gasteiger partial charge < -0.3 is 11.1 Å². The molecule has 0 saturated heterocycles. The third-order valence-corrected chi connectivity index (χ3v) is 2.06. The van der Waals surface area contributed by atoms with E-state index in [4.69, 9.17) is 5.73 Å². The highest BCUT2D eigenvalue weighted by atomic mass is 15.3. The fourth-order valence-corrected chi connectivity index (χ4v) is 1.41. The van der Waals surface area contributed by atoms with E-state index >= 15 is 0 Å². The van der Waals surface area contributed by atoms with Crippen LogP contribution in [0.2, 0.25) is 0 Å². The first-order valence-electron chi connectivity index (χ1n) is 5.06. The number of aryl methyl sites for hydroxylation is 1. The van der Waals surface area contributed by atoms with E-state index in [2.05, 4.69) is 20.4 Å². The molecule has 0 aliphatic carbocycles. The van der Waals surface area contributed by atoms with Gasteiger partial charge in [-0.3, -0.25) is 4.68 Å². The molecule has 0 fully saturated rings. The summed E-state index contributed by atoms with van der Waals surface area (Å²) in [6.45, 7) is 3.35. The Morgan fingerprint density at radius 1 is 1.44 bits per heavy atom. The predicted octanol–water partition coefficient (Wildman–Crippen LogP) is 0.676. The number of hydrogen-bond acceptors (Lipinski definition) is 5. The number of nitrogens with one attached hydrogen (secondary N) is 1. The second-order valence-corrected chi connectivity index (χ2v) is 3.42. The van der Waals surface area contributed by atoms with Crippen LogP contribution in [0.15, 0.2) is 24.5 Å². The lowest BCUT2D eigenvalue weighted by atomic mass is 10.5. The molecule has 16 heavy (non-hydrogen) atoms. The Balaban J connectivity index is 1.89. The summed E-state index contributed by atoms with van der Waals surface area (Å²) in [7, 11) is 0. The molecule has 2 rings (SSSR count). The third-order valence-electron chi connectivity index (χ3n) is 2.06. The van der Waals surface area contributed by atoms with Gasteiger partial charge in [0.2, 0.25) is 0 Å². The molecule has 0 spiro atoms. The van der Waals surface area contributed by atoms with Gasteiger partial charge in [0.25, 0.3) is 0 Å². The minimum absolute atomic E-state index is 0.481. The number of aromatic nitrogens is 4. The Labute approximate surface area is 93.5 Å². The third kappa shape index (κ3) is 2.69. The zero-order valence-corrected chi connectivity index (χ0v) is 9.09. The summed E-state index contributed by atoms with van der Waals surface area (Å²) in [6, 6.07) is 3.61. The number of nitrogens with two attached hydrogens (primary N) is 1. The molecule has 0 amide bonds. The molecule has 84 valence electrons. The summed E-state index contributed by atoms with van der Waals surface area (Å²) in [5, 5.41) is 7.27. The van der Waals surface area contributed by atoms with Crippen LogP contribution in [0.3, 0.4) is 0 Å². The van der Waals surface area contributed by atoms with Gasteiger partial charge >= 0.3 is 0 Å². The van der Waals surface area contributed by atoms with E-state index < -0.39 is 0 Å². The SMILES string of the molecule is Cc1nc(N)cc(NCCn2cccn2)n1. The van der Waals surface area contributed by atoms with E-state index in [0.717, 1.165) is 18.9 Å². The predicted molar refractivity (Wildman–Crippen MR) is 61.9 cm³/mol. The van der Waals surface area contributed by atoms with Crippen molar-refractivity contribution in [3.05, 3.63) is 30.4 Å². The molecule has 0 radical (unpaired) electrons. The lowest BCUT2D eigenvalue weighted by Gasteiger charge is -2.06. The molecule has 3 N–H and O–H groups in total. The molecule has 0 unspecified atom stereocenters. The first-order chi connectivity index (χ1) is 7.74. The smallest absolute Gasteiger partial charge is 0.131 e. The summed E-state index contributed by atoms with van der Waals surface area (Å²) in [5.41, 5.74) is 5.62. The normalized spacial score (nSPS) is 10.3. The molecule has 2 heterocycles. The topological polar surface area (TPSA) is 81.6 Å². The fraction of sp³-hybridized carbons (Fsp3) is 0.300. The molecule has 6 nitrogen and oxygen atoms in total. The van der Waals surface area contributed by atoms with Gasteiger partial charge in [-0.1, -0.05) is 0 Å². The van der Waals surface area contributed by atoms with Crippen LogP contribution in [0.5, 0.6) is 0 Å². The van der Waals surface area contributed by atoms with Gasteiger partial charge in [0.05, 0.1) is 6.54 Å². The van der Waals surface area contributed by atoms with Crippen molar-refractivity contribution in [3.8, 4) is 0 Å². The summed E-state index contributed by atoms with van der Waals surface area (Å²) in [5.74, 6) is 1.90. The summed E-state index contributed by atoms with van der Waals surface area (Å²) in [6.07, 6.45) is 3.67. The highest BCUT2D eigenvalue weighted by Gasteiger charge is 1.98. The molecule has 0 bridgehead atoms. The number of nitrogens with zero attached hydrogens (tertiary/aromatic N) is 4. The van der Waals surface area contributed by atoms with Crippen molar-refractivity contribution in [1.29, 1.82) is 0 Å². The largest absolute Gasteiger partial charge is 0.384 e. The Kier molecular flexibility index (Phi) is 3.00. The number of anilines is 2.